The van der Waals surface area contributed by atoms with E-state index in [-0.39, 0.29) is 11.4 Å². The van der Waals surface area contributed by atoms with Crippen LogP contribution in [0.4, 0.5) is 4.39 Å². The van der Waals surface area contributed by atoms with Crippen LogP contribution in [0.3, 0.4) is 0 Å². The number of halogens is 1. The molecule has 148 valence electrons. The van der Waals surface area contributed by atoms with E-state index < -0.39 is 11.9 Å². The van der Waals surface area contributed by atoms with E-state index in [1.54, 1.807) is 52.3 Å². The summed E-state index contributed by atoms with van der Waals surface area (Å²) >= 11 is 0. The Kier molecular flexibility index (Phi) is 3.48. The molecule has 0 unspecified atom stereocenters. The molecule has 0 saturated heterocycles. The van der Waals surface area contributed by atoms with Gasteiger partial charge in [0.05, 0.1) is 36.1 Å². The molecule has 0 amide bonds. The summed E-state index contributed by atoms with van der Waals surface area (Å²) in [7, 11) is 0. The van der Waals surface area contributed by atoms with Gasteiger partial charge in [0.2, 0.25) is 5.95 Å². The Morgan fingerprint density at radius 1 is 1.20 bits per heavy atom. The molecule has 10 heteroatoms. The maximum atomic E-state index is 14.2. The van der Waals surface area contributed by atoms with Gasteiger partial charge in [0.1, 0.15) is 11.8 Å². The summed E-state index contributed by atoms with van der Waals surface area (Å²) in [5.41, 5.74) is 2.71. The summed E-state index contributed by atoms with van der Waals surface area (Å²) in [6, 6.07) is 6.11. The molecule has 1 aliphatic heterocycles. The number of pyridine rings is 1. The van der Waals surface area contributed by atoms with Crippen LogP contribution in [0.1, 0.15) is 18.0 Å². The van der Waals surface area contributed by atoms with Crippen molar-refractivity contribution in [1.82, 2.24) is 34.1 Å². The number of rotatable bonds is 2. The number of aromatic amines is 1. The minimum atomic E-state index is -0.446. The van der Waals surface area contributed by atoms with Crippen LogP contribution in [0.5, 0.6) is 5.75 Å². The molecule has 4 aromatic heterocycles. The summed E-state index contributed by atoms with van der Waals surface area (Å²) in [6.45, 7) is 0.299. The van der Waals surface area contributed by atoms with Crippen LogP contribution in [-0.2, 0) is 0 Å². The van der Waals surface area contributed by atoms with E-state index in [1.165, 1.54) is 6.07 Å². The summed E-state index contributed by atoms with van der Waals surface area (Å²) < 4.78 is 23.0. The SMILES string of the molecule is O=c1[nH]c2cnc(-n3cnc4ccncc43)nc2n1[C@@H]1CCOc2c(F)cccc21. The molecule has 0 radical (unpaired) electrons. The highest BCUT2D eigenvalue weighted by atomic mass is 19.1. The largest absolute Gasteiger partial charge is 0.490 e. The van der Waals surface area contributed by atoms with Crippen molar-refractivity contribution in [2.75, 3.05) is 6.61 Å². The predicted octanol–water partition coefficient (Wildman–Crippen LogP) is 2.36. The van der Waals surface area contributed by atoms with Crippen LogP contribution >= 0.6 is 0 Å². The van der Waals surface area contributed by atoms with Crippen LogP contribution in [0, 0.1) is 5.82 Å². The first-order valence-electron chi connectivity index (χ1n) is 9.36. The second-order valence-corrected chi connectivity index (χ2v) is 7.00. The third kappa shape index (κ3) is 2.36. The molecule has 1 aliphatic rings. The second kappa shape index (κ2) is 6.21. The summed E-state index contributed by atoms with van der Waals surface area (Å²) in [5.74, 6) is 0.0889. The fourth-order valence-electron chi connectivity index (χ4n) is 3.96. The lowest BCUT2D eigenvalue weighted by atomic mass is 10.00. The molecule has 0 spiro atoms. The zero-order valence-corrected chi connectivity index (χ0v) is 15.5. The molecule has 1 atom stereocenters. The van der Waals surface area contributed by atoms with Crippen molar-refractivity contribution in [3.63, 3.8) is 0 Å². The maximum Gasteiger partial charge on any atom is 0.328 e. The van der Waals surface area contributed by atoms with Gasteiger partial charge >= 0.3 is 5.69 Å². The van der Waals surface area contributed by atoms with E-state index in [2.05, 4.69) is 24.9 Å². The zero-order valence-electron chi connectivity index (χ0n) is 15.5. The van der Waals surface area contributed by atoms with E-state index in [0.717, 1.165) is 11.0 Å². The number of hydrogen-bond acceptors (Lipinski definition) is 6. The number of nitrogens with one attached hydrogen (secondary N) is 1. The molecule has 0 aliphatic carbocycles. The Morgan fingerprint density at radius 3 is 3.07 bits per heavy atom. The summed E-state index contributed by atoms with van der Waals surface area (Å²) in [4.78, 5) is 33.1. The standard InChI is InChI=1S/C20H14FN7O2/c21-12-3-1-2-11-15(5-7-30-17(11)12)28-18-14(25-20(28)29)8-23-19(26-18)27-10-24-13-4-6-22-9-16(13)27/h1-4,6,8-10,15H,5,7H2,(H,25,29)/t15-/m1/s1. The van der Waals surface area contributed by atoms with Crippen molar-refractivity contribution in [2.24, 2.45) is 0 Å². The zero-order chi connectivity index (χ0) is 20.2. The van der Waals surface area contributed by atoms with Gasteiger partial charge in [-0.3, -0.25) is 14.1 Å². The lowest BCUT2D eigenvalue weighted by Crippen LogP contribution is -2.28. The van der Waals surface area contributed by atoms with Gasteiger partial charge in [0.15, 0.2) is 17.2 Å². The first-order valence-corrected chi connectivity index (χ1v) is 9.36. The van der Waals surface area contributed by atoms with Crippen LogP contribution in [0.15, 0.2) is 54.0 Å². The Bertz CT molecular complexity index is 1490. The van der Waals surface area contributed by atoms with Crippen LogP contribution in [0.2, 0.25) is 0 Å². The first-order chi connectivity index (χ1) is 14.7. The van der Waals surface area contributed by atoms with Crippen molar-refractivity contribution in [3.05, 3.63) is 71.0 Å². The molecule has 0 saturated carbocycles. The smallest absolute Gasteiger partial charge is 0.328 e. The van der Waals surface area contributed by atoms with Crippen LogP contribution in [-0.4, -0.2) is 40.7 Å². The van der Waals surface area contributed by atoms with Crippen molar-refractivity contribution in [3.8, 4) is 11.7 Å². The van der Waals surface area contributed by atoms with Crippen molar-refractivity contribution in [2.45, 2.75) is 12.5 Å². The summed E-state index contributed by atoms with van der Waals surface area (Å²) in [5, 5.41) is 0. The quantitative estimate of drug-likeness (QED) is 0.485. The average molecular weight is 403 g/mol. The minimum absolute atomic E-state index is 0.177. The van der Waals surface area contributed by atoms with Crippen LogP contribution < -0.4 is 10.4 Å². The number of para-hydroxylation sites is 1. The van der Waals surface area contributed by atoms with Gasteiger partial charge in [-0.15, -0.1) is 0 Å². The Hall–Kier alpha value is -4.08. The number of imidazole rings is 2. The molecule has 6 rings (SSSR count). The number of ether oxygens (including phenoxy) is 1. The normalized spacial score (nSPS) is 16.0. The van der Waals surface area contributed by atoms with Crippen molar-refractivity contribution < 1.29 is 9.13 Å². The molecule has 5 heterocycles. The Balaban J connectivity index is 1.57. The third-order valence-corrected chi connectivity index (χ3v) is 5.32. The third-order valence-electron chi connectivity index (χ3n) is 5.32. The Morgan fingerprint density at radius 2 is 2.13 bits per heavy atom. The van der Waals surface area contributed by atoms with Crippen molar-refractivity contribution in [1.29, 1.82) is 0 Å². The van der Waals surface area contributed by atoms with Crippen molar-refractivity contribution >= 4 is 22.2 Å². The molecular weight excluding hydrogens is 389 g/mol. The average Bonchev–Trinajstić information content (AvgIpc) is 3.33. The van der Waals surface area contributed by atoms with Gasteiger partial charge in [0.25, 0.3) is 0 Å². The molecule has 30 heavy (non-hydrogen) atoms. The van der Waals surface area contributed by atoms with Crippen LogP contribution in [0.25, 0.3) is 28.1 Å². The molecule has 9 nitrogen and oxygen atoms in total. The monoisotopic (exact) mass is 403 g/mol. The molecule has 0 bridgehead atoms. The summed E-state index contributed by atoms with van der Waals surface area (Å²) in [6.07, 6.45) is 7.03. The fraction of sp³-hybridized carbons (Fsp3) is 0.150. The number of aromatic nitrogens is 7. The number of hydrogen-bond donors (Lipinski definition) is 1. The molecule has 0 fully saturated rings. The Labute approximate surface area is 167 Å². The lowest BCUT2D eigenvalue weighted by Gasteiger charge is -2.26. The fourth-order valence-corrected chi connectivity index (χ4v) is 3.96. The second-order valence-electron chi connectivity index (χ2n) is 7.00. The molecule has 1 aromatic carbocycles. The van der Waals surface area contributed by atoms with E-state index >= 15 is 0 Å². The van der Waals surface area contributed by atoms with Gasteiger partial charge in [-0.2, -0.15) is 4.98 Å². The van der Waals surface area contributed by atoms with E-state index in [0.29, 0.717) is 35.7 Å². The first kappa shape index (κ1) is 16.8. The van der Waals surface area contributed by atoms with E-state index in [4.69, 9.17) is 4.74 Å². The highest BCUT2D eigenvalue weighted by Crippen LogP contribution is 2.36. The van der Waals surface area contributed by atoms with Gasteiger partial charge in [-0.25, -0.2) is 19.2 Å². The highest BCUT2D eigenvalue weighted by Gasteiger charge is 2.28. The molecular formula is C20H14FN7O2. The number of H-pyrrole nitrogens is 1. The topological polar surface area (TPSA) is 104 Å². The number of nitrogens with zero attached hydrogens (tertiary/aromatic N) is 6. The maximum absolute atomic E-state index is 14.2. The van der Waals surface area contributed by atoms with E-state index in [1.807, 2.05) is 0 Å². The number of benzene rings is 1. The highest BCUT2D eigenvalue weighted by molar-refractivity contribution is 5.76. The number of fused-ring (bicyclic) bond motifs is 3. The van der Waals surface area contributed by atoms with Gasteiger partial charge in [-0.05, 0) is 12.1 Å². The molecule has 5 aromatic rings. The molecule has 1 N–H and O–H groups in total. The van der Waals surface area contributed by atoms with Gasteiger partial charge < -0.3 is 9.72 Å². The van der Waals surface area contributed by atoms with E-state index in [9.17, 15) is 9.18 Å². The van der Waals surface area contributed by atoms with Gasteiger partial charge in [0, 0.05) is 18.2 Å². The predicted molar refractivity (Wildman–Crippen MR) is 105 cm³/mol. The minimum Gasteiger partial charge on any atom is -0.490 e. The lowest BCUT2D eigenvalue weighted by molar-refractivity contribution is 0.244. The van der Waals surface area contributed by atoms with Gasteiger partial charge in [-0.1, -0.05) is 12.1 Å².